The minimum atomic E-state index is -0.241. The molecule has 2 bridgehead atoms. The molecule has 5 aliphatic rings. The SMILES string of the molecule is NC1=NC(=O)N(C2CC2)C12CN1CCC2CC1. The largest absolute Gasteiger partial charge is 0.385 e. The van der Waals surface area contributed by atoms with E-state index in [2.05, 4.69) is 9.89 Å². The maximum absolute atomic E-state index is 12.1. The first-order valence-electron chi connectivity index (χ1n) is 6.62. The zero-order chi connectivity index (χ0) is 11.6. The number of amidine groups is 1. The molecule has 5 heteroatoms. The van der Waals surface area contributed by atoms with Gasteiger partial charge in [-0.05, 0) is 44.7 Å². The minimum Gasteiger partial charge on any atom is -0.385 e. The molecule has 4 heterocycles. The molecule has 4 fully saturated rings. The molecule has 1 aliphatic carbocycles. The van der Waals surface area contributed by atoms with Crippen LogP contribution < -0.4 is 5.73 Å². The third-order valence-electron chi connectivity index (χ3n) is 4.94. The highest BCUT2D eigenvalue weighted by Gasteiger charge is 2.60. The molecule has 0 aromatic carbocycles. The minimum absolute atomic E-state index is 0.0845. The number of hydrogen-bond acceptors (Lipinski definition) is 3. The Bertz CT molecular complexity index is 409. The standard InChI is InChI=1S/C12H18N4O/c13-10-12(7-15-5-3-8(12)4-6-15)16(9-1-2-9)11(17)14-10/h8-9H,1-7H2,(H2,13,14,17). The van der Waals surface area contributed by atoms with Crippen LogP contribution in [0, 0.1) is 5.92 Å². The predicted molar refractivity (Wildman–Crippen MR) is 63.8 cm³/mol. The van der Waals surface area contributed by atoms with Gasteiger partial charge in [0.2, 0.25) is 0 Å². The highest BCUT2D eigenvalue weighted by Crippen LogP contribution is 2.47. The van der Waals surface area contributed by atoms with Gasteiger partial charge in [-0.15, -0.1) is 0 Å². The zero-order valence-corrected chi connectivity index (χ0v) is 9.93. The van der Waals surface area contributed by atoms with Gasteiger partial charge in [-0.1, -0.05) is 0 Å². The molecule has 1 atom stereocenters. The Kier molecular flexibility index (Phi) is 1.75. The van der Waals surface area contributed by atoms with Gasteiger partial charge < -0.3 is 15.5 Å². The Balaban J connectivity index is 1.79. The van der Waals surface area contributed by atoms with Crippen LogP contribution in [0.5, 0.6) is 0 Å². The molecular weight excluding hydrogens is 216 g/mol. The predicted octanol–water partition coefficient (Wildman–Crippen LogP) is 0.406. The van der Waals surface area contributed by atoms with Crippen LogP contribution in [0.25, 0.3) is 0 Å². The van der Waals surface area contributed by atoms with Crippen molar-refractivity contribution >= 4 is 11.9 Å². The summed E-state index contributed by atoms with van der Waals surface area (Å²) in [6.45, 7) is 3.23. The van der Waals surface area contributed by atoms with Crippen LogP contribution in [0.15, 0.2) is 4.99 Å². The topological polar surface area (TPSA) is 61.9 Å². The lowest BCUT2D eigenvalue weighted by atomic mass is 9.71. The zero-order valence-electron chi connectivity index (χ0n) is 9.93. The average molecular weight is 234 g/mol. The molecule has 92 valence electrons. The van der Waals surface area contributed by atoms with Crippen molar-refractivity contribution in [1.29, 1.82) is 0 Å². The molecule has 4 aliphatic heterocycles. The van der Waals surface area contributed by atoms with Gasteiger partial charge in [0.15, 0.2) is 0 Å². The Morgan fingerprint density at radius 1 is 1.24 bits per heavy atom. The van der Waals surface area contributed by atoms with Gasteiger partial charge in [-0.3, -0.25) is 0 Å². The number of nitrogens with zero attached hydrogens (tertiary/aromatic N) is 3. The fourth-order valence-electron chi connectivity index (χ4n) is 3.96. The van der Waals surface area contributed by atoms with E-state index in [0.717, 1.165) is 45.3 Å². The van der Waals surface area contributed by atoms with Gasteiger partial charge in [-0.25, -0.2) is 4.79 Å². The van der Waals surface area contributed by atoms with Crippen molar-refractivity contribution in [3.05, 3.63) is 0 Å². The van der Waals surface area contributed by atoms with Gasteiger partial charge in [-0.2, -0.15) is 4.99 Å². The number of hydrogen-bond donors (Lipinski definition) is 1. The van der Waals surface area contributed by atoms with E-state index in [-0.39, 0.29) is 11.6 Å². The van der Waals surface area contributed by atoms with Gasteiger partial charge in [0, 0.05) is 12.6 Å². The Morgan fingerprint density at radius 2 is 1.94 bits per heavy atom. The first kappa shape index (κ1) is 9.88. The van der Waals surface area contributed by atoms with Gasteiger partial charge in [0.25, 0.3) is 0 Å². The third-order valence-corrected chi connectivity index (χ3v) is 4.94. The Labute approximate surface area is 101 Å². The first-order chi connectivity index (χ1) is 8.22. The number of amides is 2. The van der Waals surface area contributed by atoms with Crippen molar-refractivity contribution < 1.29 is 4.79 Å². The molecule has 1 saturated carbocycles. The summed E-state index contributed by atoms with van der Waals surface area (Å²) in [5.41, 5.74) is 5.90. The van der Waals surface area contributed by atoms with Crippen molar-refractivity contribution in [3.8, 4) is 0 Å². The summed E-state index contributed by atoms with van der Waals surface area (Å²) < 4.78 is 0. The summed E-state index contributed by atoms with van der Waals surface area (Å²) in [5, 5.41) is 0. The van der Waals surface area contributed by atoms with Crippen molar-refractivity contribution in [2.24, 2.45) is 16.6 Å². The van der Waals surface area contributed by atoms with Crippen molar-refractivity contribution in [2.75, 3.05) is 19.6 Å². The van der Waals surface area contributed by atoms with Crippen molar-refractivity contribution in [3.63, 3.8) is 0 Å². The third kappa shape index (κ3) is 1.13. The van der Waals surface area contributed by atoms with Crippen LogP contribution >= 0.6 is 0 Å². The van der Waals surface area contributed by atoms with Gasteiger partial charge in [0.05, 0.1) is 0 Å². The highest BCUT2D eigenvalue weighted by atomic mass is 16.2. The normalized spacial score (nSPS) is 44.6. The van der Waals surface area contributed by atoms with Crippen molar-refractivity contribution in [2.45, 2.75) is 37.3 Å². The highest BCUT2D eigenvalue weighted by molar-refractivity contribution is 6.06. The maximum Gasteiger partial charge on any atom is 0.346 e. The van der Waals surface area contributed by atoms with Crippen LogP contribution in [0.4, 0.5) is 4.79 Å². The second kappa shape index (κ2) is 3.02. The van der Waals surface area contributed by atoms with E-state index >= 15 is 0 Å². The number of carbonyl (C=O) groups excluding carboxylic acids is 1. The molecule has 3 saturated heterocycles. The maximum atomic E-state index is 12.1. The molecule has 5 rings (SSSR count). The molecule has 17 heavy (non-hydrogen) atoms. The molecule has 1 spiro atoms. The monoisotopic (exact) mass is 234 g/mol. The number of carbonyl (C=O) groups is 1. The molecule has 0 aromatic rings. The smallest absolute Gasteiger partial charge is 0.346 e. The lowest BCUT2D eigenvalue weighted by Crippen LogP contribution is -2.70. The van der Waals surface area contributed by atoms with Crippen molar-refractivity contribution in [1.82, 2.24) is 9.80 Å². The van der Waals surface area contributed by atoms with E-state index in [4.69, 9.17) is 5.73 Å². The molecule has 1 unspecified atom stereocenters. The average Bonchev–Trinajstić information content (AvgIpc) is 3.11. The lowest BCUT2D eigenvalue weighted by molar-refractivity contribution is -0.00802. The van der Waals surface area contributed by atoms with Crippen LogP contribution in [0.3, 0.4) is 0 Å². The molecular formula is C12H18N4O. The molecule has 2 amide bonds. The second-order valence-electron chi connectivity index (χ2n) is 5.86. The van der Waals surface area contributed by atoms with E-state index in [1.807, 2.05) is 4.90 Å². The number of piperidine rings is 3. The Morgan fingerprint density at radius 3 is 2.47 bits per heavy atom. The number of urea groups is 1. The summed E-state index contributed by atoms with van der Waals surface area (Å²) in [6.07, 6.45) is 4.57. The van der Waals surface area contributed by atoms with E-state index in [1.54, 1.807) is 0 Å². The lowest BCUT2D eigenvalue weighted by Gasteiger charge is -2.54. The van der Waals surface area contributed by atoms with Crippen LogP contribution in [0.1, 0.15) is 25.7 Å². The summed E-state index contributed by atoms with van der Waals surface area (Å²) >= 11 is 0. The molecule has 0 radical (unpaired) electrons. The Hall–Kier alpha value is -1.10. The number of fused-ring (bicyclic) bond motifs is 2. The quantitative estimate of drug-likeness (QED) is 0.714. The van der Waals surface area contributed by atoms with E-state index in [0.29, 0.717) is 17.8 Å². The van der Waals surface area contributed by atoms with Crippen LogP contribution in [-0.4, -0.2) is 52.9 Å². The molecule has 5 nitrogen and oxygen atoms in total. The van der Waals surface area contributed by atoms with E-state index in [1.165, 1.54) is 0 Å². The van der Waals surface area contributed by atoms with Crippen LogP contribution in [0.2, 0.25) is 0 Å². The summed E-state index contributed by atoms with van der Waals surface area (Å²) in [7, 11) is 0. The van der Waals surface area contributed by atoms with Gasteiger partial charge in [0.1, 0.15) is 11.4 Å². The van der Waals surface area contributed by atoms with Gasteiger partial charge >= 0.3 is 6.03 Å². The van der Waals surface area contributed by atoms with E-state index < -0.39 is 0 Å². The first-order valence-corrected chi connectivity index (χ1v) is 6.62. The van der Waals surface area contributed by atoms with E-state index in [9.17, 15) is 4.79 Å². The number of aliphatic imine (C=N–C) groups is 1. The second-order valence-corrected chi connectivity index (χ2v) is 5.86. The summed E-state index contributed by atoms with van der Waals surface area (Å²) in [6, 6.07) is 0.326. The summed E-state index contributed by atoms with van der Waals surface area (Å²) in [4.78, 5) is 20.6. The number of nitrogens with two attached hydrogens (primary N) is 1. The fraction of sp³-hybridized carbons (Fsp3) is 0.833. The fourth-order valence-corrected chi connectivity index (χ4v) is 3.96. The molecule has 2 N–H and O–H groups in total. The molecule has 0 aromatic heterocycles. The van der Waals surface area contributed by atoms with Crippen LogP contribution in [-0.2, 0) is 0 Å². The number of rotatable bonds is 1. The summed E-state index contributed by atoms with van der Waals surface area (Å²) in [5.74, 6) is 1.12.